The van der Waals surface area contributed by atoms with Gasteiger partial charge < -0.3 is 4.74 Å². The van der Waals surface area contributed by atoms with Gasteiger partial charge in [0.25, 0.3) is 0 Å². The number of rotatable bonds is 9. The van der Waals surface area contributed by atoms with Crippen LogP contribution in [0.1, 0.15) is 45.1 Å². The summed E-state index contributed by atoms with van der Waals surface area (Å²) in [6, 6.07) is 15.3. The molecule has 2 aromatic carbocycles. The molecule has 38 heavy (non-hydrogen) atoms. The second-order valence-electron chi connectivity index (χ2n) is 10.4. The zero-order chi connectivity index (χ0) is 27.5. The number of nitrogens with zero attached hydrogens (tertiary/aromatic N) is 2. The maximum absolute atomic E-state index is 13.2. The molecular formula is C28H33ClN2O6S. The highest BCUT2D eigenvalue weighted by molar-refractivity contribution is 7.92. The van der Waals surface area contributed by atoms with Crippen molar-refractivity contribution in [2.45, 2.75) is 67.7 Å². The Bertz CT molecular complexity index is 1270. The quantitative estimate of drug-likeness (QED) is 0.451. The third-order valence-corrected chi connectivity index (χ3v) is 10.1. The van der Waals surface area contributed by atoms with E-state index in [-0.39, 0.29) is 30.1 Å². The number of likely N-dealkylation sites (tertiary alicyclic amines) is 1. The lowest BCUT2D eigenvalue weighted by molar-refractivity contribution is -0.135. The van der Waals surface area contributed by atoms with Gasteiger partial charge in [0, 0.05) is 31.0 Å². The van der Waals surface area contributed by atoms with Crippen LogP contribution in [0.15, 0.2) is 59.5 Å². The fourth-order valence-corrected chi connectivity index (χ4v) is 7.03. The molecule has 2 amide bonds. The van der Waals surface area contributed by atoms with Crippen molar-refractivity contribution in [3.05, 3.63) is 65.2 Å². The minimum atomic E-state index is -3.50. The molecule has 0 radical (unpaired) electrons. The fraction of sp³-hybridized carbons (Fsp3) is 0.464. The van der Waals surface area contributed by atoms with E-state index in [4.69, 9.17) is 16.3 Å². The van der Waals surface area contributed by atoms with E-state index in [1.807, 2.05) is 35.2 Å². The lowest BCUT2D eigenvalue weighted by atomic mass is 9.91. The van der Waals surface area contributed by atoms with Crippen LogP contribution in [0.2, 0.25) is 5.02 Å². The van der Waals surface area contributed by atoms with Gasteiger partial charge in [0.1, 0.15) is 6.61 Å². The number of carbonyl (C=O) groups excluding carboxylic acids is 3. The average Bonchev–Trinajstić information content (AvgIpc) is 3.27. The molecule has 0 spiro atoms. The van der Waals surface area contributed by atoms with E-state index in [9.17, 15) is 22.8 Å². The van der Waals surface area contributed by atoms with Gasteiger partial charge >= 0.3 is 6.09 Å². The highest BCUT2D eigenvalue weighted by atomic mass is 35.5. The molecule has 2 aromatic rings. The van der Waals surface area contributed by atoms with Crippen molar-refractivity contribution < 1.29 is 27.5 Å². The predicted octanol–water partition coefficient (Wildman–Crippen LogP) is 4.30. The molecule has 2 saturated heterocycles. The average molecular weight is 561 g/mol. The third-order valence-electron chi connectivity index (χ3n) is 7.61. The van der Waals surface area contributed by atoms with E-state index < -0.39 is 38.7 Å². The number of cyclic esters (lactones) is 1. The monoisotopic (exact) mass is 560 g/mol. The van der Waals surface area contributed by atoms with Gasteiger partial charge in [-0.2, -0.15) is 0 Å². The van der Waals surface area contributed by atoms with Gasteiger partial charge in [-0.1, -0.05) is 41.9 Å². The van der Waals surface area contributed by atoms with Gasteiger partial charge in [-0.15, -0.1) is 0 Å². The van der Waals surface area contributed by atoms with Crippen molar-refractivity contribution in [2.24, 2.45) is 0 Å². The topological polar surface area (TPSA) is 101 Å². The number of hydrogen-bond donors (Lipinski definition) is 0. The smallest absolute Gasteiger partial charge is 0.416 e. The van der Waals surface area contributed by atoms with E-state index in [1.54, 1.807) is 26.0 Å². The van der Waals surface area contributed by atoms with E-state index in [0.29, 0.717) is 37.4 Å². The Morgan fingerprint density at radius 3 is 2.26 bits per heavy atom. The number of benzene rings is 2. The largest absolute Gasteiger partial charge is 0.447 e. The van der Waals surface area contributed by atoms with Crippen molar-refractivity contribution in [3.63, 3.8) is 0 Å². The van der Waals surface area contributed by atoms with Crippen LogP contribution in [-0.4, -0.2) is 72.5 Å². The first kappa shape index (κ1) is 28.3. The van der Waals surface area contributed by atoms with E-state index in [0.717, 1.165) is 10.5 Å². The minimum absolute atomic E-state index is 0.0172. The van der Waals surface area contributed by atoms with Crippen molar-refractivity contribution in [3.8, 4) is 0 Å². The molecule has 4 rings (SSSR count). The molecule has 10 heteroatoms. The van der Waals surface area contributed by atoms with E-state index >= 15 is 0 Å². The van der Waals surface area contributed by atoms with Crippen LogP contribution in [0.4, 0.5) is 4.79 Å². The Balaban J connectivity index is 1.32. The second kappa shape index (κ2) is 11.6. The zero-order valence-electron chi connectivity index (χ0n) is 21.6. The number of Topliss-reactive ketones (excluding diaryl/α,β-unsaturated/α-hetero) is 1. The Kier molecular flexibility index (Phi) is 8.59. The summed E-state index contributed by atoms with van der Waals surface area (Å²) in [6.45, 7) is 4.63. The van der Waals surface area contributed by atoms with Gasteiger partial charge in [-0.05, 0) is 62.9 Å². The number of ketones is 1. The first-order chi connectivity index (χ1) is 18.0. The second-order valence-corrected chi connectivity index (χ2v) is 13.0. The standard InChI is InChI=1S/C28H33ClN2O6S/c1-28(2,30-16-14-24(15-17-30)38(35,36)23-10-8-21(29)9-11-23)25(32)12-13-26(33)31-22(19-37-27(31)34)18-20-6-4-3-5-7-20/h3-11,22,24H,12-19H2,1-2H3. The molecule has 0 N–H and O–H groups in total. The number of sulfone groups is 1. The van der Waals surface area contributed by atoms with Gasteiger partial charge in [0.2, 0.25) is 5.91 Å². The highest BCUT2D eigenvalue weighted by Crippen LogP contribution is 2.30. The van der Waals surface area contributed by atoms with Crippen molar-refractivity contribution in [1.82, 2.24) is 9.80 Å². The first-order valence-corrected chi connectivity index (χ1v) is 14.7. The molecular weight excluding hydrogens is 528 g/mol. The molecule has 2 fully saturated rings. The Labute approximate surface area is 228 Å². The number of hydrogen-bond acceptors (Lipinski definition) is 7. The molecule has 0 saturated carbocycles. The predicted molar refractivity (Wildman–Crippen MR) is 144 cm³/mol. The number of ether oxygens (including phenoxy) is 1. The summed E-state index contributed by atoms with van der Waals surface area (Å²) in [5, 5.41) is -0.0546. The SMILES string of the molecule is CC(C)(C(=O)CCC(=O)N1C(=O)OCC1Cc1ccccc1)N1CCC(S(=O)(=O)c2ccc(Cl)cc2)CC1. The summed E-state index contributed by atoms with van der Waals surface area (Å²) in [7, 11) is -3.50. The van der Waals surface area contributed by atoms with E-state index in [2.05, 4.69) is 0 Å². The third kappa shape index (κ3) is 6.11. The van der Waals surface area contributed by atoms with Crippen LogP contribution in [0.3, 0.4) is 0 Å². The van der Waals surface area contributed by atoms with Crippen molar-refractivity contribution in [1.29, 1.82) is 0 Å². The summed E-state index contributed by atoms with van der Waals surface area (Å²) in [6.07, 6.45) is 0.515. The van der Waals surface area contributed by atoms with Gasteiger partial charge in [0.15, 0.2) is 15.6 Å². The lowest BCUT2D eigenvalue weighted by Crippen LogP contribution is -2.54. The molecule has 204 valence electrons. The molecule has 0 bridgehead atoms. The molecule has 0 aromatic heterocycles. The molecule has 8 nitrogen and oxygen atoms in total. The van der Waals surface area contributed by atoms with Crippen molar-refractivity contribution in [2.75, 3.05) is 19.7 Å². The summed E-state index contributed by atoms with van der Waals surface area (Å²) in [4.78, 5) is 41.8. The van der Waals surface area contributed by atoms with Gasteiger partial charge in [-0.3, -0.25) is 14.5 Å². The first-order valence-electron chi connectivity index (χ1n) is 12.8. The summed E-state index contributed by atoms with van der Waals surface area (Å²) < 4.78 is 31.2. The Morgan fingerprint density at radius 1 is 1.00 bits per heavy atom. The molecule has 2 heterocycles. The molecule has 2 aliphatic heterocycles. The minimum Gasteiger partial charge on any atom is -0.447 e. The van der Waals surface area contributed by atoms with Gasteiger partial charge in [0.05, 0.1) is 21.7 Å². The Hall–Kier alpha value is -2.75. The summed E-state index contributed by atoms with van der Waals surface area (Å²) in [5.41, 5.74) is 0.122. The molecule has 1 atom stereocenters. The maximum atomic E-state index is 13.2. The number of imide groups is 1. The fourth-order valence-electron chi connectivity index (χ4n) is 5.17. The summed E-state index contributed by atoms with van der Waals surface area (Å²) in [5.74, 6) is -0.553. The molecule has 1 unspecified atom stereocenters. The van der Waals surface area contributed by atoms with Crippen LogP contribution < -0.4 is 0 Å². The van der Waals surface area contributed by atoms with Crippen molar-refractivity contribution >= 4 is 39.2 Å². The number of amides is 2. The van der Waals surface area contributed by atoms with Crippen LogP contribution in [0, 0.1) is 0 Å². The van der Waals surface area contributed by atoms with Crippen LogP contribution in [0.5, 0.6) is 0 Å². The van der Waals surface area contributed by atoms with Crippen LogP contribution in [0.25, 0.3) is 0 Å². The van der Waals surface area contributed by atoms with E-state index in [1.165, 1.54) is 12.1 Å². The number of carbonyl (C=O) groups is 3. The number of piperidine rings is 1. The molecule has 2 aliphatic rings. The maximum Gasteiger partial charge on any atom is 0.416 e. The Morgan fingerprint density at radius 2 is 1.63 bits per heavy atom. The normalized spacial score (nSPS) is 19.4. The highest BCUT2D eigenvalue weighted by Gasteiger charge is 2.41. The lowest BCUT2D eigenvalue weighted by Gasteiger charge is -2.41. The summed E-state index contributed by atoms with van der Waals surface area (Å²) >= 11 is 5.90. The van der Waals surface area contributed by atoms with Crippen LogP contribution >= 0.6 is 11.6 Å². The zero-order valence-corrected chi connectivity index (χ0v) is 23.2. The molecule has 0 aliphatic carbocycles. The van der Waals surface area contributed by atoms with Crippen LogP contribution in [-0.2, 0) is 30.6 Å². The van der Waals surface area contributed by atoms with Gasteiger partial charge in [-0.25, -0.2) is 18.1 Å². The number of halogens is 1.